The molecule has 5 aliphatic rings. The Morgan fingerprint density at radius 1 is 0.894 bits per heavy atom. The molecule has 0 bridgehead atoms. The molecule has 0 radical (unpaired) electrons. The van der Waals surface area contributed by atoms with Gasteiger partial charge in [-0.2, -0.15) is 0 Å². The van der Waals surface area contributed by atoms with Crippen LogP contribution < -0.4 is 25.2 Å². The van der Waals surface area contributed by atoms with Crippen LogP contribution in [0, 0.1) is 5.92 Å². The van der Waals surface area contributed by atoms with Gasteiger partial charge in [0.25, 0.3) is 5.91 Å². The normalized spacial score (nSPS) is 26.2. The Balaban J connectivity index is 0.968. The molecule has 1 atom stereocenters. The lowest BCUT2D eigenvalue weighted by Crippen LogP contribution is -2.55. The summed E-state index contributed by atoms with van der Waals surface area (Å²) in [7, 11) is 3.49. The summed E-state index contributed by atoms with van der Waals surface area (Å²) in [6, 6.07) is 12.6. The highest BCUT2D eigenvalue weighted by Crippen LogP contribution is 2.41. The first-order chi connectivity index (χ1) is 22.9. The zero-order chi connectivity index (χ0) is 32.5. The molecule has 2 aromatic carbocycles. The van der Waals surface area contributed by atoms with Crippen LogP contribution in [0.4, 0.5) is 22.7 Å². The fraction of sp³-hybridized carbons (Fsp3) is 0.622. The molecular formula is C37H52N6O4. The van der Waals surface area contributed by atoms with Crippen molar-refractivity contribution in [2.75, 3.05) is 75.2 Å². The van der Waals surface area contributed by atoms with Crippen molar-refractivity contribution in [1.29, 1.82) is 0 Å². The van der Waals surface area contributed by atoms with Gasteiger partial charge in [-0.15, -0.1) is 0 Å². The van der Waals surface area contributed by atoms with E-state index in [1.165, 1.54) is 45.6 Å². The molecule has 4 fully saturated rings. The lowest BCUT2D eigenvalue weighted by Gasteiger charge is -2.45. The van der Waals surface area contributed by atoms with Crippen LogP contribution in [-0.4, -0.2) is 106 Å². The number of carbonyl (C=O) groups excluding carboxylic acids is 2. The third-order valence-electron chi connectivity index (χ3n) is 11.2. The van der Waals surface area contributed by atoms with E-state index < -0.39 is 0 Å². The van der Waals surface area contributed by atoms with Crippen molar-refractivity contribution < 1.29 is 19.1 Å². The van der Waals surface area contributed by atoms with E-state index in [0.29, 0.717) is 30.6 Å². The van der Waals surface area contributed by atoms with Gasteiger partial charge in [-0.3, -0.25) is 14.5 Å². The molecule has 47 heavy (non-hydrogen) atoms. The monoisotopic (exact) mass is 644 g/mol. The van der Waals surface area contributed by atoms with Crippen LogP contribution >= 0.6 is 0 Å². The smallest absolute Gasteiger partial charge is 0.251 e. The largest absolute Gasteiger partial charge is 0.495 e. The van der Waals surface area contributed by atoms with E-state index in [1.807, 2.05) is 44.3 Å². The van der Waals surface area contributed by atoms with E-state index in [0.717, 1.165) is 67.2 Å². The lowest BCUT2D eigenvalue weighted by atomic mass is 9.89. The number of benzene rings is 2. The lowest BCUT2D eigenvalue weighted by molar-refractivity contribution is -0.119. The summed E-state index contributed by atoms with van der Waals surface area (Å²) in [5, 5.41) is 6.83. The van der Waals surface area contributed by atoms with Gasteiger partial charge in [0, 0.05) is 82.4 Å². The third kappa shape index (κ3) is 7.10. The Kier molecular flexibility index (Phi) is 9.61. The van der Waals surface area contributed by atoms with Gasteiger partial charge in [-0.1, -0.05) is 0 Å². The first-order valence-electron chi connectivity index (χ1n) is 17.9. The van der Waals surface area contributed by atoms with E-state index in [4.69, 9.17) is 9.47 Å². The second-order valence-electron chi connectivity index (χ2n) is 14.3. The maximum absolute atomic E-state index is 13.3. The number of nitrogens with one attached hydrogen (secondary N) is 2. The molecule has 2 amide bonds. The summed E-state index contributed by atoms with van der Waals surface area (Å²) >= 11 is 0. The zero-order valence-corrected chi connectivity index (χ0v) is 28.4. The Morgan fingerprint density at radius 2 is 1.64 bits per heavy atom. The first-order valence-corrected chi connectivity index (χ1v) is 17.9. The van der Waals surface area contributed by atoms with Crippen molar-refractivity contribution in [1.82, 2.24) is 15.1 Å². The third-order valence-corrected chi connectivity index (χ3v) is 11.2. The highest BCUT2D eigenvalue weighted by Gasteiger charge is 2.38. The summed E-state index contributed by atoms with van der Waals surface area (Å²) in [5.74, 6) is 1.64. The number of amides is 2. The van der Waals surface area contributed by atoms with Crippen LogP contribution in [0.3, 0.4) is 0 Å². The van der Waals surface area contributed by atoms with Crippen molar-refractivity contribution in [3.63, 3.8) is 0 Å². The Labute approximate surface area is 279 Å². The van der Waals surface area contributed by atoms with E-state index in [-0.39, 0.29) is 29.9 Å². The molecule has 254 valence electrons. The van der Waals surface area contributed by atoms with Crippen LogP contribution in [0.15, 0.2) is 36.4 Å². The van der Waals surface area contributed by atoms with Crippen LogP contribution in [0.2, 0.25) is 0 Å². The molecule has 1 unspecified atom stereocenters. The molecule has 10 nitrogen and oxygen atoms in total. The molecule has 2 saturated carbocycles. The SMILES string of the molecule is COc1cc(C(=O)NC2CCC(N3CCN(CC4CC4)CC3)CC2)ccc1Nc1ccc2c(c1)N(C1CCOCC1)C(C)C(=O)N2C. The van der Waals surface area contributed by atoms with Crippen molar-refractivity contribution in [3.05, 3.63) is 42.0 Å². The van der Waals surface area contributed by atoms with Gasteiger partial charge in [0.05, 0.1) is 24.2 Å². The summed E-state index contributed by atoms with van der Waals surface area (Å²) in [5.41, 5.74) is 4.23. The van der Waals surface area contributed by atoms with Gasteiger partial charge < -0.3 is 34.8 Å². The summed E-state index contributed by atoms with van der Waals surface area (Å²) in [6.07, 6.45) is 9.00. The maximum atomic E-state index is 13.3. The molecule has 2 saturated heterocycles. The van der Waals surface area contributed by atoms with Gasteiger partial charge in [0.1, 0.15) is 11.8 Å². The minimum Gasteiger partial charge on any atom is -0.495 e. The molecule has 2 aromatic rings. The average molecular weight is 645 g/mol. The quantitative estimate of drug-likeness (QED) is 0.401. The van der Waals surface area contributed by atoms with E-state index in [9.17, 15) is 9.59 Å². The molecule has 7 rings (SSSR count). The Morgan fingerprint density at radius 3 is 2.34 bits per heavy atom. The number of ether oxygens (including phenoxy) is 2. The number of methoxy groups -OCH3 is 1. The number of hydrogen-bond acceptors (Lipinski definition) is 8. The number of rotatable bonds is 9. The summed E-state index contributed by atoms with van der Waals surface area (Å²) < 4.78 is 11.4. The summed E-state index contributed by atoms with van der Waals surface area (Å²) in [4.78, 5) is 35.9. The number of anilines is 4. The number of piperazine rings is 1. The molecular weight excluding hydrogens is 592 g/mol. The highest BCUT2D eigenvalue weighted by molar-refractivity contribution is 6.05. The number of carbonyl (C=O) groups is 2. The van der Waals surface area contributed by atoms with Crippen molar-refractivity contribution >= 4 is 34.6 Å². The van der Waals surface area contributed by atoms with Crippen LogP contribution in [0.1, 0.15) is 68.6 Å². The molecule has 10 heteroatoms. The minimum atomic E-state index is -0.249. The molecule has 0 aromatic heterocycles. The average Bonchev–Trinajstić information content (AvgIpc) is 3.93. The van der Waals surface area contributed by atoms with E-state index >= 15 is 0 Å². The van der Waals surface area contributed by atoms with Crippen molar-refractivity contribution in [2.45, 2.75) is 82.5 Å². The number of hydrogen-bond donors (Lipinski definition) is 2. The van der Waals surface area contributed by atoms with Crippen LogP contribution in [0.5, 0.6) is 5.75 Å². The standard InChI is InChI=1S/C37H52N6O4/c1-25-37(45)40(2)33-13-9-29(23-34(33)43(25)31-14-20-47-21-15-31)38-32-12-6-27(22-35(32)46-3)36(44)39-28-7-10-30(11-8-28)42-18-16-41(17-19-42)24-26-4-5-26/h6,9,12-13,22-23,25-26,28,30-31,38H,4-5,7-8,10-11,14-21,24H2,1-3H3,(H,39,44). The van der Waals surface area contributed by atoms with Gasteiger partial charge in [-0.05, 0) is 101 Å². The second kappa shape index (κ2) is 14.0. The van der Waals surface area contributed by atoms with Gasteiger partial charge in [-0.25, -0.2) is 0 Å². The fourth-order valence-corrected chi connectivity index (χ4v) is 8.22. The minimum absolute atomic E-state index is 0.0467. The Bertz CT molecular complexity index is 1430. The van der Waals surface area contributed by atoms with Gasteiger partial charge in [0.15, 0.2) is 0 Å². The van der Waals surface area contributed by atoms with Crippen LogP contribution in [-0.2, 0) is 9.53 Å². The topological polar surface area (TPSA) is 89.6 Å². The highest BCUT2D eigenvalue weighted by atomic mass is 16.5. The number of likely N-dealkylation sites (N-methyl/N-ethyl adjacent to an activating group) is 1. The molecule has 0 spiro atoms. The predicted molar refractivity (Wildman–Crippen MR) is 186 cm³/mol. The molecule has 2 aliphatic carbocycles. The second-order valence-corrected chi connectivity index (χ2v) is 14.3. The molecule has 3 aliphatic heterocycles. The van der Waals surface area contributed by atoms with Gasteiger partial charge in [0.2, 0.25) is 5.91 Å². The van der Waals surface area contributed by atoms with Crippen molar-refractivity contribution in [2.24, 2.45) is 5.92 Å². The number of nitrogens with zero attached hydrogens (tertiary/aromatic N) is 4. The van der Waals surface area contributed by atoms with Crippen molar-refractivity contribution in [3.8, 4) is 5.75 Å². The summed E-state index contributed by atoms with van der Waals surface area (Å²) in [6.45, 7) is 9.50. The predicted octanol–water partition coefficient (Wildman–Crippen LogP) is 4.86. The van der Waals surface area contributed by atoms with E-state index in [1.54, 1.807) is 12.0 Å². The number of fused-ring (bicyclic) bond motifs is 1. The zero-order valence-electron chi connectivity index (χ0n) is 28.4. The maximum Gasteiger partial charge on any atom is 0.251 e. The van der Waals surface area contributed by atoms with Crippen LogP contribution in [0.25, 0.3) is 0 Å². The van der Waals surface area contributed by atoms with Gasteiger partial charge >= 0.3 is 0 Å². The van der Waals surface area contributed by atoms with E-state index in [2.05, 4.69) is 31.4 Å². The molecule has 2 N–H and O–H groups in total. The Hall–Kier alpha value is -3.34. The first kappa shape index (κ1) is 32.2. The molecule has 3 heterocycles. The fourth-order valence-electron chi connectivity index (χ4n) is 8.22.